The minimum absolute atomic E-state index is 0.214. The van der Waals surface area contributed by atoms with Crippen LogP contribution in [-0.4, -0.2) is 16.9 Å². The fourth-order valence-electron chi connectivity index (χ4n) is 3.52. The van der Waals surface area contributed by atoms with Crippen molar-refractivity contribution in [2.24, 2.45) is 11.3 Å². The number of hydrogen-bond donors (Lipinski definition) is 1. The number of carbonyl (C=O) groups excluding carboxylic acids is 1. The van der Waals surface area contributed by atoms with Crippen molar-refractivity contribution in [2.75, 3.05) is 0 Å². The summed E-state index contributed by atoms with van der Waals surface area (Å²) in [6.07, 6.45) is 6.34. The lowest BCUT2D eigenvalue weighted by Crippen LogP contribution is -2.46. The summed E-state index contributed by atoms with van der Waals surface area (Å²) in [7, 11) is 0. The minimum atomic E-state index is -1.44. The molecule has 0 aromatic rings. The van der Waals surface area contributed by atoms with Crippen LogP contribution in [0.2, 0.25) is 0 Å². The third-order valence-corrected chi connectivity index (χ3v) is 4.65. The molecule has 0 bridgehead atoms. The van der Waals surface area contributed by atoms with Crippen molar-refractivity contribution in [2.45, 2.75) is 39.4 Å². The molecule has 1 fully saturated rings. The number of fused-ring (bicyclic) bond motifs is 2. The Hall–Kier alpha value is -1.55. The van der Waals surface area contributed by atoms with Crippen molar-refractivity contribution in [3.05, 3.63) is 35.3 Å². The highest BCUT2D eigenvalue weighted by Gasteiger charge is 2.55. The number of esters is 1. The molecule has 1 saturated carbocycles. The number of ether oxygens (including phenoxy) is 2. The van der Waals surface area contributed by atoms with Crippen molar-refractivity contribution in [3.8, 4) is 0 Å². The normalized spacial score (nSPS) is 40.9. The van der Waals surface area contributed by atoms with Crippen LogP contribution in [0, 0.1) is 11.3 Å². The van der Waals surface area contributed by atoms with Crippen LogP contribution in [0.15, 0.2) is 35.3 Å². The molecule has 0 saturated heterocycles. The number of allylic oxidation sites excluding steroid dienone is 2. The smallest absolute Gasteiger partial charge is 0.336 e. The van der Waals surface area contributed by atoms with Gasteiger partial charge in [-0.15, -0.1) is 0 Å². The van der Waals surface area contributed by atoms with Crippen LogP contribution in [0.3, 0.4) is 0 Å². The van der Waals surface area contributed by atoms with Crippen LogP contribution in [-0.2, 0) is 14.3 Å². The zero-order valence-corrected chi connectivity index (χ0v) is 11.4. The molecule has 1 unspecified atom stereocenters. The number of hydrogen-bond acceptors (Lipinski definition) is 4. The Morgan fingerprint density at radius 3 is 2.89 bits per heavy atom. The minimum Gasteiger partial charge on any atom is -0.473 e. The van der Waals surface area contributed by atoms with Gasteiger partial charge in [-0.2, -0.15) is 0 Å². The molecule has 2 heterocycles. The first kappa shape index (κ1) is 12.5. The summed E-state index contributed by atoms with van der Waals surface area (Å²) in [5.41, 5.74) is 2.11. The zero-order chi connectivity index (χ0) is 13.8. The third kappa shape index (κ3) is 1.66. The van der Waals surface area contributed by atoms with E-state index in [0.29, 0.717) is 18.4 Å². The highest BCUT2D eigenvalue weighted by Crippen LogP contribution is 2.55. The van der Waals surface area contributed by atoms with Gasteiger partial charge in [0.2, 0.25) is 5.79 Å². The molecule has 3 atom stereocenters. The monoisotopic (exact) mass is 262 g/mol. The fourth-order valence-corrected chi connectivity index (χ4v) is 3.52. The van der Waals surface area contributed by atoms with Crippen molar-refractivity contribution in [1.82, 2.24) is 0 Å². The Morgan fingerprint density at radius 2 is 2.16 bits per heavy atom. The first-order valence-corrected chi connectivity index (χ1v) is 6.51. The summed E-state index contributed by atoms with van der Waals surface area (Å²) in [5, 5.41) is 10.6. The molecule has 1 N–H and O–H groups in total. The van der Waals surface area contributed by atoms with Crippen LogP contribution < -0.4 is 0 Å². The second-order valence-electron chi connectivity index (χ2n) is 6.02. The third-order valence-electron chi connectivity index (χ3n) is 4.65. The fraction of sp³-hybridized carbons (Fsp3) is 0.533. The standard InChI is InChI=1S/C15H18O4/c1-9-7-18-5-4-14(3)8-15(17)12(6-11(9)14)10(2)13(16)19-15/h4-5,7,11,17H,6,8H2,1-3H3/t11-,14-,15?/m0/s1. The van der Waals surface area contributed by atoms with E-state index >= 15 is 0 Å². The molecule has 3 aliphatic rings. The van der Waals surface area contributed by atoms with Gasteiger partial charge in [0.05, 0.1) is 12.5 Å². The van der Waals surface area contributed by atoms with E-state index in [1.54, 1.807) is 19.4 Å². The zero-order valence-electron chi connectivity index (χ0n) is 11.4. The molecule has 4 nitrogen and oxygen atoms in total. The molecule has 0 amide bonds. The molecule has 3 rings (SSSR count). The van der Waals surface area contributed by atoms with E-state index in [4.69, 9.17) is 9.47 Å². The van der Waals surface area contributed by atoms with Crippen LogP contribution in [0.1, 0.15) is 33.6 Å². The molecule has 0 aromatic heterocycles. The average Bonchev–Trinajstić information content (AvgIpc) is 2.44. The largest absolute Gasteiger partial charge is 0.473 e. The Bertz CT molecular complexity index is 542. The van der Waals surface area contributed by atoms with Crippen LogP contribution in [0.5, 0.6) is 0 Å². The Morgan fingerprint density at radius 1 is 1.42 bits per heavy atom. The SMILES string of the molecule is CC1=COC=C[C@@]2(C)CC3(O)OC(=O)C(C)=C3C[C@@H]12. The van der Waals surface area contributed by atoms with E-state index in [-0.39, 0.29) is 11.3 Å². The van der Waals surface area contributed by atoms with Crippen molar-refractivity contribution in [1.29, 1.82) is 0 Å². The van der Waals surface area contributed by atoms with Crippen LogP contribution >= 0.6 is 0 Å². The van der Waals surface area contributed by atoms with Gasteiger partial charge in [-0.05, 0) is 37.8 Å². The van der Waals surface area contributed by atoms with Gasteiger partial charge >= 0.3 is 5.97 Å². The number of aliphatic hydroxyl groups is 1. The van der Waals surface area contributed by atoms with Gasteiger partial charge in [-0.25, -0.2) is 4.79 Å². The predicted molar refractivity (Wildman–Crippen MR) is 68.6 cm³/mol. The van der Waals surface area contributed by atoms with E-state index in [2.05, 4.69) is 6.92 Å². The molecule has 19 heavy (non-hydrogen) atoms. The van der Waals surface area contributed by atoms with E-state index in [1.165, 1.54) is 0 Å². The molecule has 0 radical (unpaired) electrons. The van der Waals surface area contributed by atoms with Gasteiger partial charge in [0, 0.05) is 23.0 Å². The summed E-state index contributed by atoms with van der Waals surface area (Å²) >= 11 is 0. The summed E-state index contributed by atoms with van der Waals surface area (Å²) in [6.45, 7) is 5.81. The van der Waals surface area contributed by atoms with Crippen molar-refractivity contribution >= 4 is 5.97 Å². The maximum Gasteiger partial charge on any atom is 0.336 e. The second-order valence-corrected chi connectivity index (χ2v) is 6.02. The average molecular weight is 262 g/mol. The van der Waals surface area contributed by atoms with Gasteiger partial charge in [0.25, 0.3) is 0 Å². The lowest BCUT2D eigenvalue weighted by molar-refractivity contribution is -0.197. The first-order valence-electron chi connectivity index (χ1n) is 6.51. The van der Waals surface area contributed by atoms with E-state index in [9.17, 15) is 9.90 Å². The Balaban J connectivity index is 2.09. The number of carbonyl (C=O) groups is 1. The molecule has 102 valence electrons. The summed E-state index contributed by atoms with van der Waals surface area (Å²) in [4.78, 5) is 11.7. The van der Waals surface area contributed by atoms with E-state index in [1.807, 2.05) is 13.0 Å². The molecular weight excluding hydrogens is 244 g/mol. The van der Waals surface area contributed by atoms with Gasteiger partial charge in [-0.3, -0.25) is 0 Å². The molecule has 1 aliphatic carbocycles. The maximum atomic E-state index is 11.7. The van der Waals surface area contributed by atoms with Crippen molar-refractivity contribution in [3.63, 3.8) is 0 Å². The first-order chi connectivity index (χ1) is 8.86. The van der Waals surface area contributed by atoms with Gasteiger partial charge < -0.3 is 14.6 Å². The van der Waals surface area contributed by atoms with Crippen LogP contribution in [0.4, 0.5) is 0 Å². The Kier molecular flexibility index (Phi) is 2.45. The van der Waals surface area contributed by atoms with Gasteiger partial charge in [-0.1, -0.05) is 6.92 Å². The second kappa shape index (κ2) is 3.73. The predicted octanol–water partition coefficient (Wildman–Crippen LogP) is 2.41. The quantitative estimate of drug-likeness (QED) is 0.681. The van der Waals surface area contributed by atoms with Gasteiger partial charge in [0.1, 0.15) is 0 Å². The molecule has 4 heteroatoms. The van der Waals surface area contributed by atoms with Crippen LogP contribution in [0.25, 0.3) is 0 Å². The van der Waals surface area contributed by atoms with E-state index < -0.39 is 11.8 Å². The molecule has 2 aliphatic heterocycles. The highest BCUT2D eigenvalue weighted by atomic mass is 16.7. The topological polar surface area (TPSA) is 55.8 Å². The molecule has 0 aromatic carbocycles. The lowest BCUT2D eigenvalue weighted by atomic mass is 9.61. The van der Waals surface area contributed by atoms with Crippen molar-refractivity contribution < 1.29 is 19.4 Å². The maximum absolute atomic E-state index is 11.7. The summed E-state index contributed by atoms with van der Waals surface area (Å²) in [6, 6.07) is 0. The lowest BCUT2D eigenvalue weighted by Gasteiger charge is -2.45. The van der Waals surface area contributed by atoms with E-state index in [0.717, 1.165) is 11.1 Å². The highest BCUT2D eigenvalue weighted by molar-refractivity contribution is 5.92. The summed E-state index contributed by atoms with van der Waals surface area (Å²) in [5.74, 6) is -1.63. The van der Waals surface area contributed by atoms with Gasteiger partial charge in [0.15, 0.2) is 0 Å². The molecular formula is C15H18O4. The Labute approximate surface area is 112 Å². The number of rotatable bonds is 0. The molecule has 0 spiro atoms. The summed E-state index contributed by atoms with van der Waals surface area (Å²) < 4.78 is 10.5.